The van der Waals surface area contributed by atoms with Crippen molar-refractivity contribution < 1.29 is 4.79 Å². The Morgan fingerprint density at radius 2 is 2.06 bits per heavy atom. The summed E-state index contributed by atoms with van der Waals surface area (Å²) in [6.45, 7) is 2.21. The van der Waals surface area contributed by atoms with Crippen LogP contribution in [0.2, 0.25) is 10.0 Å². The third kappa shape index (κ3) is 3.07. The zero-order valence-corrected chi connectivity index (χ0v) is 12.1. The van der Waals surface area contributed by atoms with E-state index in [2.05, 4.69) is 6.92 Å². The van der Waals surface area contributed by atoms with Crippen LogP contribution in [0.25, 0.3) is 0 Å². The molecule has 3 heteroatoms. The van der Waals surface area contributed by atoms with Crippen molar-refractivity contribution in [1.29, 1.82) is 0 Å². The topological polar surface area (TPSA) is 17.1 Å². The summed E-state index contributed by atoms with van der Waals surface area (Å²) in [7, 11) is 0. The summed E-state index contributed by atoms with van der Waals surface area (Å²) in [5, 5.41) is 0.966. The monoisotopic (exact) mass is 284 g/mol. The molecule has 0 heterocycles. The van der Waals surface area contributed by atoms with Gasteiger partial charge in [-0.1, -0.05) is 49.4 Å². The van der Waals surface area contributed by atoms with Crippen LogP contribution < -0.4 is 0 Å². The zero-order chi connectivity index (χ0) is 13.1. The number of rotatable bonds is 3. The number of halogens is 2. The van der Waals surface area contributed by atoms with E-state index in [0.29, 0.717) is 21.5 Å². The van der Waals surface area contributed by atoms with E-state index >= 15 is 0 Å². The van der Waals surface area contributed by atoms with Crippen molar-refractivity contribution in [3.8, 4) is 0 Å². The lowest BCUT2D eigenvalue weighted by molar-refractivity contribution is 0.0862. The van der Waals surface area contributed by atoms with Crippen molar-refractivity contribution in [3.05, 3.63) is 33.8 Å². The predicted molar refractivity (Wildman–Crippen MR) is 76.5 cm³/mol. The Balaban J connectivity index is 2.12. The third-order valence-corrected chi connectivity index (χ3v) is 4.67. The molecule has 0 aliphatic heterocycles. The lowest BCUT2D eigenvalue weighted by Gasteiger charge is -2.27. The average molecular weight is 285 g/mol. The summed E-state index contributed by atoms with van der Waals surface area (Å²) in [6, 6.07) is 5.19. The molecule has 0 saturated heterocycles. The quantitative estimate of drug-likeness (QED) is 0.680. The van der Waals surface area contributed by atoms with Gasteiger partial charge in [0, 0.05) is 11.5 Å². The van der Waals surface area contributed by atoms with Gasteiger partial charge in [-0.25, -0.2) is 0 Å². The van der Waals surface area contributed by atoms with Gasteiger partial charge in [-0.2, -0.15) is 0 Å². The minimum Gasteiger partial charge on any atom is -0.294 e. The van der Waals surface area contributed by atoms with Crippen molar-refractivity contribution in [2.45, 2.75) is 39.0 Å². The molecule has 98 valence electrons. The van der Waals surface area contributed by atoms with Crippen LogP contribution in [0.3, 0.4) is 0 Å². The molecule has 18 heavy (non-hydrogen) atoms. The Morgan fingerprint density at radius 3 is 2.72 bits per heavy atom. The van der Waals surface area contributed by atoms with E-state index in [0.717, 1.165) is 19.3 Å². The maximum absolute atomic E-state index is 12.4. The smallest absolute Gasteiger partial charge is 0.166 e. The highest BCUT2D eigenvalue weighted by atomic mass is 35.5. The van der Waals surface area contributed by atoms with Crippen molar-refractivity contribution in [1.82, 2.24) is 0 Å². The van der Waals surface area contributed by atoms with Crippen LogP contribution in [0.15, 0.2) is 18.2 Å². The van der Waals surface area contributed by atoms with Gasteiger partial charge >= 0.3 is 0 Å². The molecule has 1 aromatic carbocycles. The number of hydrogen-bond acceptors (Lipinski definition) is 1. The maximum Gasteiger partial charge on any atom is 0.166 e. The van der Waals surface area contributed by atoms with E-state index in [-0.39, 0.29) is 11.7 Å². The fraction of sp³-hybridized carbons (Fsp3) is 0.533. The minimum absolute atomic E-state index is 0.168. The summed E-state index contributed by atoms with van der Waals surface area (Å²) in [5.41, 5.74) is 0.700. The second-order valence-corrected chi connectivity index (χ2v) is 5.95. The molecule has 0 spiro atoms. The van der Waals surface area contributed by atoms with Crippen LogP contribution in [0.5, 0.6) is 0 Å². The van der Waals surface area contributed by atoms with E-state index in [4.69, 9.17) is 23.2 Å². The molecule has 2 rings (SSSR count). The van der Waals surface area contributed by atoms with Crippen LogP contribution in [0.4, 0.5) is 0 Å². The Labute approximate surface area is 118 Å². The molecule has 0 bridgehead atoms. The summed E-state index contributed by atoms with van der Waals surface area (Å²) >= 11 is 11.8. The second kappa shape index (κ2) is 6.08. The molecular weight excluding hydrogens is 267 g/mol. The third-order valence-electron chi connectivity index (χ3n) is 3.94. The van der Waals surface area contributed by atoms with Gasteiger partial charge in [0.15, 0.2) is 5.78 Å². The van der Waals surface area contributed by atoms with Crippen molar-refractivity contribution >= 4 is 29.0 Å². The molecule has 0 radical (unpaired) electrons. The normalized spacial score (nSPS) is 23.9. The molecule has 1 nitrogen and oxygen atoms in total. The van der Waals surface area contributed by atoms with Crippen LogP contribution in [-0.2, 0) is 0 Å². The van der Waals surface area contributed by atoms with E-state index in [1.807, 2.05) is 0 Å². The van der Waals surface area contributed by atoms with E-state index in [9.17, 15) is 4.79 Å². The number of carbonyl (C=O) groups is 1. The van der Waals surface area contributed by atoms with Gasteiger partial charge in [0.1, 0.15) is 0 Å². The van der Waals surface area contributed by atoms with Crippen molar-refractivity contribution in [2.24, 2.45) is 11.8 Å². The summed E-state index contributed by atoms with van der Waals surface area (Å²) in [6.07, 6.45) is 5.63. The number of hydrogen-bond donors (Lipinski definition) is 0. The van der Waals surface area contributed by atoms with Crippen molar-refractivity contribution in [2.75, 3.05) is 0 Å². The lowest BCUT2D eigenvalue weighted by Crippen LogP contribution is -2.22. The molecule has 1 aliphatic rings. The Bertz CT molecular complexity index is 442. The number of ketones is 1. The minimum atomic E-state index is 0.168. The fourth-order valence-electron chi connectivity index (χ4n) is 2.79. The summed E-state index contributed by atoms with van der Waals surface area (Å²) < 4.78 is 0. The zero-order valence-electron chi connectivity index (χ0n) is 10.6. The largest absolute Gasteiger partial charge is 0.294 e. The van der Waals surface area contributed by atoms with Crippen LogP contribution >= 0.6 is 23.2 Å². The Morgan fingerprint density at radius 1 is 1.28 bits per heavy atom. The molecular formula is C15H18Cl2O. The highest BCUT2D eigenvalue weighted by Crippen LogP contribution is 2.34. The maximum atomic E-state index is 12.4. The van der Waals surface area contributed by atoms with Crippen LogP contribution in [0.1, 0.15) is 49.4 Å². The molecule has 1 fully saturated rings. The second-order valence-electron chi connectivity index (χ2n) is 5.13. The fourth-order valence-corrected chi connectivity index (χ4v) is 3.08. The van der Waals surface area contributed by atoms with E-state index in [1.165, 1.54) is 12.8 Å². The van der Waals surface area contributed by atoms with Gasteiger partial charge in [-0.05, 0) is 37.0 Å². The number of carbonyl (C=O) groups excluding carboxylic acids is 1. The Hall–Kier alpha value is -0.530. The summed E-state index contributed by atoms with van der Waals surface area (Å²) in [4.78, 5) is 12.4. The summed E-state index contributed by atoms with van der Waals surface area (Å²) in [5.74, 6) is 1.10. The molecule has 1 aromatic rings. The van der Waals surface area contributed by atoms with Crippen LogP contribution in [0, 0.1) is 11.8 Å². The molecule has 2 unspecified atom stereocenters. The first-order valence-corrected chi connectivity index (χ1v) is 7.36. The van der Waals surface area contributed by atoms with Gasteiger partial charge < -0.3 is 0 Å². The van der Waals surface area contributed by atoms with Gasteiger partial charge in [0.2, 0.25) is 0 Å². The average Bonchev–Trinajstić information content (AvgIpc) is 2.41. The predicted octanol–water partition coefficient (Wildman–Crippen LogP) is 5.39. The number of Topliss-reactive ketones (excluding diaryl/α,β-unsaturated/α-hetero) is 1. The van der Waals surface area contributed by atoms with E-state index in [1.54, 1.807) is 18.2 Å². The number of benzene rings is 1. The molecule has 0 N–H and O–H groups in total. The standard InChI is InChI=1S/C15H18Cl2O/c1-2-10-4-3-5-11(8-10)15(18)12-6-7-13(16)14(17)9-12/h6-7,9-11H,2-5,8H2,1H3. The van der Waals surface area contributed by atoms with Gasteiger partial charge in [0.25, 0.3) is 0 Å². The van der Waals surface area contributed by atoms with E-state index < -0.39 is 0 Å². The lowest BCUT2D eigenvalue weighted by atomic mass is 9.77. The first kappa shape index (κ1) is 13.9. The molecule has 0 amide bonds. The van der Waals surface area contributed by atoms with Gasteiger partial charge in [-0.3, -0.25) is 4.79 Å². The van der Waals surface area contributed by atoms with Gasteiger partial charge in [0.05, 0.1) is 10.0 Å². The first-order valence-electron chi connectivity index (χ1n) is 6.61. The van der Waals surface area contributed by atoms with Crippen LogP contribution in [-0.4, -0.2) is 5.78 Å². The molecule has 1 aliphatic carbocycles. The Kier molecular flexibility index (Phi) is 4.69. The molecule has 2 atom stereocenters. The van der Waals surface area contributed by atoms with Gasteiger partial charge in [-0.15, -0.1) is 0 Å². The highest BCUT2D eigenvalue weighted by Gasteiger charge is 2.27. The molecule has 0 aromatic heterocycles. The molecule has 1 saturated carbocycles. The highest BCUT2D eigenvalue weighted by molar-refractivity contribution is 6.42. The first-order chi connectivity index (χ1) is 8.61. The van der Waals surface area contributed by atoms with Crippen molar-refractivity contribution in [3.63, 3.8) is 0 Å². The SMILES string of the molecule is CCC1CCCC(C(=O)c2ccc(Cl)c(Cl)c2)C1.